The van der Waals surface area contributed by atoms with Gasteiger partial charge in [-0.2, -0.15) is 0 Å². The third-order valence-electron chi connectivity index (χ3n) is 4.01. The molecule has 3 aromatic rings. The van der Waals surface area contributed by atoms with Crippen LogP contribution in [0, 0.1) is 10.1 Å². The largest absolute Gasteiger partial charge is 0.494 e. The van der Waals surface area contributed by atoms with Gasteiger partial charge in [0.2, 0.25) is 0 Å². The SMILES string of the molecule is COc1cc([N+](=O)[O-])ccc1NC(=O)[C@@H](C)OC(=O)c1ccc2nccnc2c1. The van der Waals surface area contributed by atoms with E-state index in [-0.39, 0.29) is 22.7 Å². The first-order chi connectivity index (χ1) is 13.9. The van der Waals surface area contributed by atoms with Crippen LogP contribution in [0.2, 0.25) is 0 Å². The number of non-ortho nitro benzene ring substituents is 1. The number of carbonyl (C=O) groups is 2. The first-order valence-corrected chi connectivity index (χ1v) is 8.44. The third kappa shape index (κ3) is 4.43. The van der Waals surface area contributed by atoms with Crippen LogP contribution in [-0.2, 0) is 9.53 Å². The number of fused-ring (bicyclic) bond motifs is 1. The lowest BCUT2D eigenvalue weighted by Crippen LogP contribution is -2.30. The summed E-state index contributed by atoms with van der Waals surface area (Å²) in [5, 5.41) is 13.4. The van der Waals surface area contributed by atoms with E-state index in [0.717, 1.165) is 0 Å². The quantitative estimate of drug-likeness (QED) is 0.382. The third-order valence-corrected chi connectivity index (χ3v) is 4.01. The summed E-state index contributed by atoms with van der Waals surface area (Å²) >= 11 is 0. The van der Waals surface area contributed by atoms with Crippen LogP contribution in [0.4, 0.5) is 11.4 Å². The fourth-order valence-electron chi connectivity index (χ4n) is 2.50. The topological polar surface area (TPSA) is 134 Å². The number of nitrogens with zero attached hydrogens (tertiary/aromatic N) is 3. The average Bonchev–Trinajstić information content (AvgIpc) is 2.73. The molecule has 1 atom stereocenters. The number of esters is 1. The molecule has 0 saturated heterocycles. The van der Waals surface area contributed by atoms with Crippen molar-refractivity contribution in [3.8, 4) is 5.75 Å². The molecule has 2 aromatic carbocycles. The number of carbonyl (C=O) groups excluding carboxylic acids is 2. The first kappa shape index (κ1) is 19.7. The van der Waals surface area contributed by atoms with Crippen LogP contribution >= 0.6 is 0 Å². The van der Waals surface area contributed by atoms with E-state index in [1.807, 2.05) is 0 Å². The number of rotatable bonds is 6. The highest BCUT2D eigenvalue weighted by molar-refractivity contribution is 5.99. The number of hydrogen-bond acceptors (Lipinski definition) is 8. The van der Waals surface area contributed by atoms with Gasteiger partial charge in [0.15, 0.2) is 6.10 Å². The number of aromatic nitrogens is 2. The van der Waals surface area contributed by atoms with Gasteiger partial charge in [-0.05, 0) is 31.2 Å². The molecule has 3 rings (SSSR count). The summed E-state index contributed by atoms with van der Waals surface area (Å²) < 4.78 is 10.3. The van der Waals surface area contributed by atoms with E-state index >= 15 is 0 Å². The minimum Gasteiger partial charge on any atom is -0.494 e. The molecule has 0 aliphatic heterocycles. The summed E-state index contributed by atoms with van der Waals surface area (Å²) in [5.74, 6) is -1.21. The maximum absolute atomic E-state index is 12.4. The standard InChI is InChI=1S/C19H16N4O6/c1-11(18(24)22-15-6-4-13(23(26)27)10-17(15)28-2)29-19(25)12-3-5-14-16(9-12)21-8-7-20-14/h3-11H,1-2H3,(H,22,24)/t11-/m1/s1. The number of nitro groups is 1. The number of nitro benzene ring substituents is 1. The molecule has 0 fully saturated rings. The number of ether oxygens (including phenoxy) is 2. The van der Waals surface area contributed by atoms with E-state index in [9.17, 15) is 19.7 Å². The molecule has 29 heavy (non-hydrogen) atoms. The zero-order valence-corrected chi connectivity index (χ0v) is 15.5. The number of amides is 1. The lowest BCUT2D eigenvalue weighted by Gasteiger charge is -2.15. The van der Waals surface area contributed by atoms with Crippen molar-refractivity contribution in [3.63, 3.8) is 0 Å². The van der Waals surface area contributed by atoms with Gasteiger partial charge in [0.05, 0.1) is 40.4 Å². The van der Waals surface area contributed by atoms with Crippen LogP contribution in [0.15, 0.2) is 48.8 Å². The van der Waals surface area contributed by atoms with Gasteiger partial charge in [-0.3, -0.25) is 24.9 Å². The van der Waals surface area contributed by atoms with Gasteiger partial charge < -0.3 is 14.8 Å². The van der Waals surface area contributed by atoms with Crippen molar-refractivity contribution in [3.05, 3.63) is 64.5 Å². The molecule has 0 unspecified atom stereocenters. The normalized spacial score (nSPS) is 11.5. The Morgan fingerprint density at radius 3 is 2.52 bits per heavy atom. The van der Waals surface area contributed by atoms with Crippen molar-refractivity contribution >= 4 is 34.3 Å². The minimum absolute atomic E-state index is 0.110. The number of nitrogens with one attached hydrogen (secondary N) is 1. The second-order valence-corrected chi connectivity index (χ2v) is 5.94. The fraction of sp³-hybridized carbons (Fsp3) is 0.158. The van der Waals surface area contributed by atoms with Crippen LogP contribution in [0.5, 0.6) is 5.75 Å². The van der Waals surface area contributed by atoms with E-state index in [4.69, 9.17) is 9.47 Å². The number of anilines is 1. The van der Waals surface area contributed by atoms with Crippen molar-refractivity contribution in [1.82, 2.24) is 9.97 Å². The van der Waals surface area contributed by atoms with Crippen LogP contribution in [-0.4, -0.2) is 40.0 Å². The lowest BCUT2D eigenvalue weighted by atomic mass is 10.2. The number of methoxy groups -OCH3 is 1. The summed E-state index contributed by atoms with van der Waals surface area (Å²) in [6, 6.07) is 8.43. The van der Waals surface area contributed by atoms with Crippen molar-refractivity contribution in [2.45, 2.75) is 13.0 Å². The summed E-state index contributed by atoms with van der Waals surface area (Å²) in [5.41, 5.74) is 1.41. The van der Waals surface area contributed by atoms with Crippen LogP contribution < -0.4 is 10.1 Å². The molecule has 1 heterocycles. The second kappa shape index (κ2) is 8.30. The van der Waals surface area contributed by atoms with E-state index < -0.39 is 22.9 Å². The van der Waals surface area contributed by atoms with Gasteiger partial charge in [0.1, 0.15) is 5.75 Å². The molecular weight excluding hydrogens is 380 g/mol. The molecule has 0 bridgehead atoms. The first-order valence-electron chi connectivity index (χ1n) is 8.44. The van der Waals surface area contributed by atoms with Gasteiger partial charge in [-0.1, -0.05) is 0 Å². The van der Waals surface area contributed by atoms with Crippen LogP contribution in [0.25, 0.3) is 11.0 Å². The van der Waals surface area contributed by atoms with Gasteiger partial charge in [0.25, 0.3) is 11.6 Å². The Kier molecular flexibility index (Phi) is 5.63. The predicted octanol–water partition coefficient (Wildman–Crippen LogP) is 2.73. The zero-order valence-electron chi connectivity index (χ0n) is 15.5. The summed E-state index contributed by atoms with van der Waals surface area (Å²) in [6.45, 7) is 1.41. The van der Waals surface area contributed by atoms with Gasteiger partial charge in [0, 0.05) is 18.5 Å². The van der Waals surface area contributed by atoms with Crippen molar-refractivity contribution in [1.29, 1.82) is 0 Å². The van der Waals surface area contributed by atoms with E-state index in [2.05, 4.69) is 15.3 Å². The highest BCUT2D eigenvalue weighted by Crippen LogP contribution is 2.29. The minimum atomic E-state index is -1.13. The molecule has 0 aliphatic rings. The second-order valence-electron chi connectivity index (χ2n) is 5.94. The van der Waals surface area contributed by atoms with Crippen molar-refractivity contribution < 1.29 is 24.0 Å². The smallest absolute Gasteiger partial charge is 0.338 e. The van der Waals surface area contributed by atoms with Crippen LogP contribution in [0.1, 0.15) is 17.3 Å². The molecule has 10 heteroatoms. The average molecular weight is 396 g/mol. The monoisotopic (exact) mass is 396 g/mol. The number of benzene rings is 2. The Bertz CT molecular complexity index is 1100. The lowest BCUT2D eigenvalue weighted by molar-refractivity contribution is -0.384. The zero-order chi connectivity index (χ0) is 21.0. The maximum atomic E-state index is 12.4. The Balaban J connectivity index is 1.69. The Labute approximate surface area is 164 Å². The molecule has 0 radical (unpaired) electrons. The molecule has 148 valence electrons. The van der Waals surface area contributed by atoms with Gasteiger partial charge in [-0.15, -0.1) is 0 Å². The maximum Gasteiger partial charge on any atom is 0.338 e. The molecule has 1 aromatic heterocycles. The van der Waals surface area contributed by atoms with Crippen molar-refractivity contribution in [2.75, 3.05) is 12.4 Å². The molecule has 1 N–H and O–H groups in total. The molecule has 1 amide bonds. The van der Waals surface area contributed by atoms with E-state index in [0.29, 0.717) is 11.0 Å². The summed E-state index contributed by atoms with van der Waals surface area (Å²) in [4.78, 5) is 43.2. The highest BCUT2D eigenvalue weighted by Gasteiger charge is 2.21. The predicted molar refractivity (Wildman–Crippen MR) is 103 cm³/mol. The Morgan fingerprint density at radius 1 is 1.10 bits per heavy atom. The Hall–Kier alpha value is -4.08. The van der Waals surface area contributed by atoms with E-state index in [1.54, 1.807) is 12.3 Å². The Morgan fingerprint density at radius 2 is 1.83 bits per heavy atom. The number of hydrogen-bond donors (Lipinski definition) is 1. The molecule has 10 nitrogen and oxygen atoms in total. The van der Waals surface area contributed by atoms with Crippen LogP contribution in [0.3, 0.4) is 0 Å². The van der Waals surface area contributed by atoms with Gasteiger partial charge >= 0.3 is 5.97 Å². The fourth-order valence-corrected chi connectivity index (χ4v) is 2.50. The molecular formula is C19H16N4O6. The molecule has 0 spiro atoms. The van der Waals surface area contributed by atoms with Gasteiger partial charge in [-0.25, -0.2) is 4.79 Å². The molecule has 0 saturated carbocycles. The highest BCUT2D eigenvalue weighted by atomic mass is 16.6. The van der Waals surface area contributed by atoms with Crippen molar-refractivity contribution in [2.24, 2.45) is 0 Å². The van der Waals surface area contributed by atoms with E-state index in [1.165, 1.54) is 50.6 Å². The summed E-state index contributed by atoms with van der Waals surface area (Å²) in [6.07, 6.45) is 1.92. The molecule has 0 aliphatic carbocycles. The summed E-state index contributed by atoms with van der Waals surface area (Å²) in [7, 11) is 1.32.